The Morgan fingerprint density at radius 2 is 1.53 bits per heavy atom. The standard InChI is InChI=1S/C14H14N2O3/c1-19-13-8-4-11(5-9-13)16(14(15)18)10-2-6-12(17)7-3-10/h2-9,17H,1H3,(H2,15,18). The van der Waals surface area contributed by atoms with Gasteiger partial charge >= 0.3 is 6.03 Å². The Hall–Kier alpha value is -2.69. The van der Waals surface area contributed by atoms with Crippen LogP contribution in [0.25, 0.3) is 0 Å². The third-order valence-electron chi connectivity index (χ3n) is 2.66. The third kappa shape index (κ3) is 2.77. The molecule has 0 spiro atoms. The highest BCUT2D eigenvalue weighted by molar-refractivity contribution is 5.98. The molecule has 0 unspecified atom stereocenters. The van der Waals surface area contributed by atoms with E-state index in [2.05, 4.69) is 0 Å². The molecule has 2 aromatic rings. The summed E-state index contributed by atoms with van der Waals surface area (Å²) < 4.78 is 5.06. The van der Waals surface area contributed by atoms with Gasteiger partial charge in [0, 0.05) is 0 Å². The molecule has 98 valence electrons. The van der Waals surface area contributed by atoms with Gasteiger partial charge in [-0.25, -0.2) is 4.79 Å². The van der Waals surface area contributed by atoms with Gasteiger partial charge < -0.3 is 15.6 Å². The minimum atomic E-state index is -0.601. The lowest BCUT2D eigenvalue weighted by Gasteiger charge is -2.20. The number of phenolic OH excluding ortho intramolecular Hbond substituents is 1. The van der Waals surface area contributed by atoms with E-state index in [1.165, 1.54) is 17.0 Å². The number of benzene rings is 2. The Morgan fingerprint density at radius 3 is 1.95 bits per heavy atom. The molecule has 2 rings (SSSR count). The molecule has 0 heterocycles. The molecule has 0 bridgehead atoms. The highest BCUT2D eigenvalue weighted by Crippen LogP contribution is 2.28. The van der Waals surface area contributed by atoms with Crippen molar-refractivity contribution in [3.8, 4) is 11.5 Å². The molecule has 0 aliphatic carbocycles. The third-order valence-corrected chi connectivity index (χ3v) is 2.66. The number of primary amides is 1. The largest absolute Gasteiger partial charge is 0.508 e. The van der Waals surface area contributed by atoms with E-state index >= 15 is 0 Å². The lowest BCUT2D eigenvalue weighted by atomic mass is 10.2. The Morgan fingerprint density at radius 1 is 1.05 bits per heavy atom. The van der Waals surface area contributed by atoms with Crippen molar-refractivity contribution in [2.24, 2.45) is 5.73 Å². The summed E-state index contributed by atoms with van der Waals surface area (Å²) in [5.74, 6) is 0.821. The molecule has 2 amide bonds. The van der Waals surface area contributed by atoms with E-state index in [0.29, 0.717) is 17.1 Å². The maximum atomic E-state index is 11.6. The fourth-order valence-electron chi connectivity index (χ4n) is 1.74. The van der Waals surface area contributed by atoms with E-state index < -0.39 is 6.03 Å². The molecule has 0 aliphatic heterocycles. The monoisotopic (exact) mass is 258 g/mol. The van der Waals surface area contributed by atoms with Crippen molar-refractivity contribution < 1.29 is 14.6 Å². The van der Waals surface area contributed by atoms with E-state index in [1.807, 2.05) is 0 Å². The lowest BCUT2D eigenvalue weighted by Crippen LogP contribution is -2.31. The highest BCUT2D eigenvalue weighted by atomic mass is 16.5. The van der Waals surface area contributed by atoms with Crippen LogP contribution in [0, 0.1) is 0 Å². The summed E-state index contributed by atoms with van der Waals surface area (Å²) in [6, 6.07) is 12.6. The van der Waals surface area contributed by atoms with Gasteiger partial charge in [-0.3, -0.25) is 4.90 Å². The van der Waals surface area contributed by atoms with Gasteiger partial charge in [0.1, 0.15) is 11.5 Å². The number of carbonyl (C=O) groups excluding carboxylic acids is 1. The summed E-state index contributed by atoms with van der Waals surface area (Å²) in [6.45, 7) is 0. The first-order valence-electron chi connectivity index (χ1n) is 5.64. The summed E-state index contributed by atoms with van der Waals surface area (Å²) in [5, 5.41) is 9.26. The highest BCUT2D eigenvalue weighted by Gasteiger charge is 2.14. The number of amides is 2. The van der Waals surface area contributed by atoms with Gasteiger partial charge in [0.25, 0.3) is 0 Å². The predicted molar refractivity (Wildman–Crippen MR) is 72.8 cm³/mol. The number of hydrogen-bond donors (Lipinski definition) is 2. The average Bonchev–Trinajstić information content (AvgIpc) is 2.42. The van der Waals surface area contributed by atoms with Crippen LogP contribution < -0.4 is 15.4 Å². The van der Waals surface area contributed by atoms with Crippen LogP contribution in [0.2, 0.25) is 0 Å². The van der Waals surface area contributed by atoms with Crippen molar-refractivity contribution in [2.75, 3.05) is 12.0 Å². The molecule has 0 fully saturated rings. The summed E-state index contributed by atoms with van der Waals surface area (Å²) in [5.41, 5.74) is 6.61. The van der Waals surface area contributed by atoms with Crippen LogP contribution in [-0.4, -0.2) is 18.2 Å². The molecule has 19 heavy (non-hydrogen) atoms. The van der Waals surface area contributed by atoms with Crippen LogP contribution in [0.4, 0.5) is 16.2 Å². The summed E-state index contributed by atoms with van der Waals surface area (Å²) in [4.78, 5) is 12.9. The molecule has 0 saturated carbocycles. The number of phenols is 1. The fraction of sp³-hybridized carbons (Fsp3) is 0.0714. The summed E-state index contributed by atoms with van der Waals surface area (Å²) in [7, 11) is 1.57. The molecule has 2 aromatic carbocycles. The SMILES string of the molecule is COc1ccc(N(C(N)=O)c2ccc(O)cc2)cc1. The van der Waals surface area contributed by atoms with E-state index in [4.69, 9.17) is 10.5 Å². The fourth-order valence-corrected chi connectivity index (χ4v) is 1.74. The summed E-state index contributed by atoms with van der Waals surface area (Å²) >= 11 is 0. The first kappa shape index (κ1) is 12.8. The Kier molecular flexibility index (Phi) is 3.56. The second-order valence-corrected chi connectivity index (χ2v) is 3.89. The number of aromatic hydroxyl groups is 1. The number of anilines is 2. The van der Waals surface area contributed by atoms with E-state index in [-0.39, 0.29) is 5.75 Å². The van der Waals surface area contributed by atoms with Crippen molar-refractivity contribution in [3.63, 3.8) is 0 Å². The zero-order valence-electron chi connectivity index (χ0n) is 10.4. The van der Waals surface area contributed by atoms with Crippen molar-refractivity contribution in [1.29, 1.82) is 0 Å². The average molecular weight is 258 g/mol. The minimum absolute atomic E-state index is 0.128. The molecule has 5 nitrogen and oxygen atoms in total. The lowest BCUT2D eigenvalue weighted by molar-refractivity contribution is 0.256. The van der Waals surface area contributed by atoms with Crippen LogP contribution in [0.15, 0.2) is 48.5 Å². The number of nitrogens with two attached hydrogens (primary N) is 1. The molecule has 0 radical (unpaired) electrons. The number of nitrogens with zero attached hydrogens (tertiary/aromatic N) is 1. The molecule has 0 aromatic heterocycles. The molecular weight excluding hydrogens is 244 g/mol. The maximum Gasteiger partial charge on any atom is 0.323 e. The first-order chi connectivity index (χ1) is 9.11. The van der Waals surface area contributed by atoms with Gasteiger partial charge in [-0.15, -0.1) is 0 Å². The van der Waals surface area contributed by atoms with E-state index in [0.717, 1.165) is 0 Å². The van der Waals surface area contributed by atoms with Gasteiger partial charge in [0.05, 0.1) is 18.5 Å². The van der Waals surface area contributed by atoms with Gasteiger partial charge in [-0.05, 0) is 48.5 Å². The van der Waals surface area contributed by atoms with Gasteiger partial charge in [-0.2, -0.15) is 0 Å². The molecular formula is C14H14N2O3. The Balaban J connectivity index is 2.39. The number of ether oxygens (including phenoxy) is 1. The van der Waals surface area contributed by atoms with Crippen molar-refractivity contribution >= 4 is 17.4 Å². The zero-order chi connectivity index (χ0) is 13.8. The van der Waals surface area contributed by atoms with Crippen molar-refractivity contribution in [2.45, 2.75) is 0 Å². The van der Waals surface area contributed by atoms with Crippen molar-refractivity contribution in [3.05, 3.63) is 48.5 Å². The molecule has 5 heteroatoms. The second-order valence-electron chi connectivity index (χ2n) is 3.89. The number of rotatable bonds is 3. The normalized spacial score (nSPS) is 9.95. The Bertz CT molecular complexity index is 564. The topological polar surface area (TPSA) is 75.8 Å². The maximum absolute atomic E-state index is 11.6. The first-order valence-corrected chi connectivity index (χ1v) is 5.64. The zero-order valence-corrected chi connectivity index (χ0v) is 10.4. The summed E-state index contributed by atoms with van der Waals surface area (Å²) in [6.07, 6.45) is 0. The van der Waals surface area contributed by atoms with E-state index in [9.17, 15) is 9.90 Å². The minimum Gasteiger partial charge on any atom is -0.508 e. The molecule has 3 N–H and O–H groups in total. The predicted octanol–water partition coefficient (Wildman–Crippen LogP) is 2.62. The van der Waals surface area contributed by atoms with Gasteiger partial charge in [0.15, 0.2) is 0 Å². The van der Waals surface area contributed by atoms with Crippen LogP contribution in [0.3, 0.4) is 0 Å². The smallest absolute Gasteiger partial charge is 0.323 e. The number of hydrogen-bond acceptors (Lipinski definition) is 3. The van der Waals surface area contributed by atoms with Gasteiger partial charge in [0.2, 0.25) is 0 Å². The Labute approximate surface area is 110 Å². The second kappa shape index (κ2) is 5.30. The molecule has 0 aliphatic rings. The van der Waals surface area contributed by atoms with Crippen LogP contribution in [0.5, 0.6) is 11.5 Å². The van der Waals surface area contributed by atoms with Crippen LogP contribution in [0.1, 0.15) is 0 Å². The van der Waals surface area contributed by atoms with E-state index in [1.54, 1.807) is 43.5 Å². The molecule has 0 saturated heterocycles. The molecule has 0 atom stereocenters. The number of carbonyl (C=O) groups is 1. The number of urea groups is 1. The number of methoxy groups -OCH3 is 1. The quantitative estimate of drug-likeness (QED) is 0.888. The van der Waals surface area contributed by atoms with Crippen molar-refractivity contribution in [1.82, 2.24) is 0 Å². The van der Waals surface area contributed by atoms with Crippen LogP contribution >= 0.6 is 0 Å². The van der Waals surface area contributed by atoms with Crippen LogP contribution in [-0.2, 0) is 0 Å². The van der Waals surface area contributed by atoms with Gasteiger partial charge in [-0.1, -0.05) is 0 Å².